The van der Waals surface area contributed by atoms with Crippen LogP contribution in [0.4, 0.5) is 8.78 Å². The zero-order valence-electron chi connectivity index (χ0n) is 10.5. The largest absolute Gasteiger partial charge is 0.313 e. The first kappa shape index (κ1) is 14.0. The van der Waals surface area contributed by atoms with Gasteiger partial charge in [-0.3, -0.25) is 0 Å². The second-order valence-electron chi connectivity index (χ2n) is 4.31. The molecule has 0 aliphatic carbocycles. The van der Waals surface area contributed by atoms with Gasteiger partial charge >= 0.3 is 0 Å². The topological polar surface area (TPSA) is 12.0 Å². The maximum absolute atomic E-state index is 13.6. The van der Waals surface area contributed by atoms with E-state index in [1.807, 2.05) is 0 Å². The molecule has 100 valence electrons. The molecule has 0 radical (unpaired) electrons. The van der Waals surface area contributed by atoms with E-state index in [4.69, 9.17) is 11.6 Å². The van der Waals surface area contributed by atoms with Gasteiger partial charge in [0.15, 0.2) is 0 Å². The Kier molecular flexibility index (Phi) is 4.51. The lowest BCUT2D eigenvalue weighted by Gasteiger charge is -2.17. The Morgan fingerprint density at radius 3 is 2.47 bits per heavy atom. The summed E-state index contributed by atoms with van der Waals surface area (Å²) in [7, 11) is 1.76. The molecule has 2 aromatic rings. The molecule has 1 atom stereocenters. The SMILES string of the molecule is CNC(Cc1ccccc1F)c1ccc(Cl)c(F)c1. The molecule has 2 rings (SSSR count). The summed E-state index contributed by atoms with van der Waals surface area (Å²) in [6, 6.07) is 11.1. The number of halogens is 3. The molecule has 1 nitrogen and oxygen atoms in total. The summed E-state index contributed by atoms with van der Waals surface area (Å²) in [4.78, 5) is 0. The molecule has 0 saturated carbocycles. The van der Waals surface area contributed by atoms with Crippen LogP contribution >= 0.6 is 11.6 Å². The maximum atomic E-state index is 13.6. The molecule has 1 unspecified atom stereocenters. The van der Waals surface area contributed by atoms with Crippen LogP contribution in [0.1, 0.15) is 17.2 Å². The normalized spacial score (nSPS) is 12.4. The summed E-state index contributed by atoms with van der Waals surface area (Å²) in [5.41, 5.74) is 1.34. The van der Waals surface area contributed by atoms with Gasteiger partial charge in [0.1, 0.15) is 11.6 Å². The summed E-state index contributed by atoms with van der Waals surface area (Å²) in [5.74, 6) is -0.717. The van der Waals surface area contributed by atoms with E-state index in [2.05, 4.69) is 5.32 Å². The van der Waals surface area contributed by atoms with Crippen LogP contribution in [-0.2, 0) is 6.42 Å². The Bertz CT molecular complexity index is 572. The van der Waals surface area contributed by atoms with E-state index < -0.39 is 5.82 Å². The van der Waals surface area contributed by atoms with Gasteiger partial charge in [0.05, 0.1) is 5.02 Å². The predicted octanol–water partition coefficient (Wildman–Crippen LogP) is 4.12. The molecule has 4 heteroatoms. The zero-order chi connectivity index (χ0) is 13.8. The van der Waals surface area contributed by atoms with Gasteiger partial charge in [-0.2, -0.15) is 0 Å². The van der Waals surface area contributed by atoms with Crippen LogP contribution in [0.2, 0.25) is 5.02 Å². The second kappa shape index (κ2) is 6.13. The first-order chi connectivity index (χ1) is 9.11. The molecule has 0 aliphatic rings. The molecule has 0 aromatic heterocycles. The van der Waals surface area contributed by atoms with Crippen molar-refractivity contribution in [3.63, 3.8) is 0 Å². The minimum atomic E-state index is -0.465. The molecule has 1 N–H and O–H groups in total. The first-order valence-corrected chi connectivity index (χ1v) is 6.35. The van der Waals surface area contributed by atoms with Gasteiger partial charge in [-0.1, -0.05) is 35.9 Å². The van der Waals surface area contributed by atoms with E-state index in [0.717, 1.165) is 5.56 Å². The van der Waals surface area contributed by atoms with E-state index in [1.165, 1.54) is 18.2 Å². The zero-order valence-corrected chi connectivity index (χ0v) is 11.2. The van der Waals surface area contributed by atoms with Crippen LogP contribution in [0.3, 0.4) is 0 Å². The van der Waals surface area contributed by atoms with Crippen molar-refractivity contribution in [3.8, 4) is 0 Å². The van der Waals surface area contributed by atoms with Crippen LogP contribution in [0, 0.1) is 11.6 Å². The van der Waals surface area contributed by atoms with Crippen molar-refractivity contribution in [2.75, 3.05) is 7.05 Å². The molecular weight excluding hydrogens is 268 g/mol. The molecule has 19 heavy (non-hydrogen) atoms. The third-order valence-corrected chi connectivity index (χ3v) is 3.38. The monoisotopic (exact) mass is 281 g/mol. The molecule has 0 amide bonds. The lowest BCUT2D eigenvalue weighted by atomic mass is 9.98. The standard InChI is InChI=1S/C15H14ClF2N/c1-19-15(9-10-4-2-3-5-13(10)17)11-6-7-12(16)14(18)8-11/h2-8,15,19H,9H2,1H3. The Balaban J connectivity index is 2.25. The highest BCUT2D eigenvalue weighted by molar-refractivity contribution is 6.30. The molecular formula is C15H14ClF2N. The van der Waals surface area contributed by atoms with E-state index in [9.17, 15) is 8.78 Å². The smallest absolute Gasteiger partial charge is 0.142 e. The van der Waals surface area contributed by atoms with Gasteiger partial charge in [-0.15, -0.1) is 0 Å². The van der Waals surface area contributed by atoms with Gasteiger partial charge < -0.3 is 5.32 Å². The fraction of sp³-hybridized carbons (Fsp3) is 0.200. The Labute approximate surface area is 116 Å². The van der Waals surface area contributed by atoms with Crippen molar-refractivity contribution in [3.05, 3.63) is 70.2 Å². The van der Waals surface area contributed by atoms with Crippen LogP contribution in [-0.4, -0.2) is 7.05 Å². The predicted molar refractivity (Wildman–Crippen MR) is 73.3 cm³/mol. The van der Waals surface area contributed by atoms with Crippen molar-refractivity contribution in [2.45, 2.75) is 12.5 Å². The fourth-order valence-corrected chi connectivity index (χ4v) is 2.12. The molecule has 0 bridgehead atoms. The van der Waals surface area contributed by atoms with Gasteiger partial charge in [-0.25, -0.2) is 8.78 Å². The highest BCUT2D eigenvalue weighted by atomic mass is 35.5. The first-order valence-electron chi connectivity index (χ1n) is 5.97. The van der Waals surface area contributed by atoms with E-state index in [-0.39, 0.29) is 16.9 Å². The number of rotatable bonds is 4. The maximum Gasteiger partial charge on any atom is 0.142 e. The van der Waals surface area contributed by atoms with E-state index in [1.54, 1.807) is 31.3 Å². The second-order valence-corrected chi connectivity index (χ2v) is 4.72. The van der Waals surface area contributed by atoms with Crippen molar-refractivity contribution in [1.82, 2.24) is 5.32 Å². The molecule has 0 aliphatic heterocycles. The molecule has 0 spiro atoms. The van der Waals surface area contributed by atoms with Crippen molar-refractivity contribution in [2.24, 2.45) is 0 Å². The van der Waals surface area contributed by atoms with Crippen LogP contribution in [0.5, 0.6) is 0 Å². The van der Waals surface area contributed by atoms with Gasteiger partial charge in [-0.05, 0) is 42.8 Å². The number of hydrogen-bond acceptors (Lipinski definition) is 1. The average molecular weight is 282 g/mol. The minimum Gasteiger partial charge on any atom is -0.313 e. The summed E-state index contributed by atoms with van der Waals surface area (Å²) in [6.45, 7) is 0. The lowest BCUT2D eigenvalue weighted by Crippen LogP contribution is -2.19. The average Bonchev–Trinajstić information content (AvgIpc) is 2.41. The molecule has 2 aromatic carbocycles. The van der Waals surface area contributed by atoms with Crippen molar-refractivity contribution in [1.29, 1.82) is 0 Å². The fourth-order valence-electron chi connectivity index (χ4n) is 2.00. The lowest BCUT2D eigenvalue weighted by molar-refractivity contribution is 0.549. The highest BCUT2D eigenvalue weighted by Crippen LogP contribution is 2.23. The summed E-state index contributed by atoms with van der Waals surface area (Å²) >= 11 is 5.66. The third-order valence-electron chi connectivity index (χ3n) is 3.08. The molecule has 0 saturated heterocycles. The van der Waals surface area contributed by atoms with E-state index >= 15 is 0 Å². The quantitative estimate of drug-likeness (QED) is 0.889. The van der Waals surface area contributed by atoms with Crippen LogP contribution in [0.25, 0.3) is 0 Å². The number of nitrogens with one attached hydrogen (secondary N) is 1. The van der Waals surface area contributed by atoms with Gasteiger partial charge in [0.25, 0.3) is 0 Å². The van der Waals surface area contributed by atoms with E-state index in [0.29, 0.717) is 12.0 Å². The van der Waals surface area contributed by atoms with Gasteiger partial charge in [0.2, 0.25) is 0 Å². The number of benzene rings is 2. The van der Waals surface area contributed by atoms with Crippen LogP contribution < -0.4 is 5.32 Å². The summed E-state index contributed by atoms with van der Waals surface area (Å²) in [6.07, 6.45) is 0.449. The Morgan fingerprint density at radius 2 is 1.84 bits per heavy atom. The Hall–Kier alpha value is -1.45. The van der Waals surface area contributed by atoms with Crippen molar-refractivity contribution >= 4 is 11.6 Å². The third kappa shape index (κ3) is 3.31. The molecule has 0 heterocycles. The minimum absolute atomic E-state index is 0.0875. The number of likely N-dealkylation sites (N-methyl/N-ethyl adjacent to an activating group) is 1. The van der Waals surface area contributed by atoms with Crippen LogP contribution in [0.15, 0.2) is 42.5 Å². The number of hydrogen-bond donors (Lipinski definition) is 1. The summed E-state index contributed by atoms with van der Waals surface area (Å²) < 4.78 is 27.1. The van der Waals surface area contributed by atoms with Gasteiger partial charge in [0, 0.05) is 6.04 Å². The Morgan fingerprint density at radius 1 is 1.11 bits per heavy atom. The molecule has 0 fully saturated rings. The van der Waals surface area contributed by atoms with Crippen molar-refractivity contribution < 1.29 is 8.78 Å². The summed E-state index contributed by atoms with van der Waals surface area (Å²) in [5, 5.41) is 3.15. The highest BCUT2D eigenvalue weighted by Gasteiger charge is 2.14.